The van der Waals surface area contributed by atoms with E-state index in [0.717, 1.165) is 23.5 Å². The van der Waals surface area contributed by atoms with Crippen LogP contribution in [0.4, 0.5) is 5.69 Å². The second-order valence-electron chi connectivity index (χ2n) is 9.17. The number of hydrogen-bond donors (Lipinski definition) is 1. The highest BCUT2D eigenvalue weighted by Crippen LogP contribution is 2.54. The van der Waals surface area contributed by atoms with Gasteiger partial charge in [-0.25, -0.2) is 4.98 Å². The third-order valence-corrected chi connectivity index (χ3v) is 6.10. The van der Waals surface area contributed by atoms with Crippen LogP contribution in [0.2, 0.25) is 0 Å². The number of carbonyl (C=O) groups excluding carboxylic acids is 2. The minimum atomic E-state index is -0.785. The van der Waals surface area contributed by atoms with Gasteiger partial charge in [0.05, 0.1) is 0 Å². The Morgan fingerprint density at radius 2 is 2.07 bits per heavy atom. The van der Waals surface area contributed by atoms with Gasteiger partial charge in [0.15, 0.2) is 0 Å². The Balaban J connectivity index is 1.78. The van der Waals surface area contributed by atoms with Crippen molar-refractivity contribution in [3.8, 4) is 0 Å². The van der Waals surface area contributed by atoms with E-state index < -0.39 is 11.5 Å². The Hall–Kier alpha value is -2.63. The number of imidazole rings is 1. The van der Waals surface area contributed by atoms with Crippen LogP contribution in [0.5, 0.6) is 0 Å². The summed E-state index contributed by atoms with van der Waals surface area (Å²) in [6, 6.07) is 7.42. The number of anilines is 1. The fourth-order valence-electron chi connectivity index (χ4n) is 4.58. The van der Waals surface area contributed by atoms with Crippen molar-refractivity contribution in [3.63, 3.8) is 0 Å². The molecule has 2 amide bonds. The van der Waals surface area contributed by atoms with Gasteiger partial charge in [0.2, 0.25) is 11.8 Å². The first-order valence-corrected chi connectivity index (χ1v) is 9.92. The number of nitrogens with zero attached hydrogens (tertiary/aromatic N) is 3. The molecule has 0 aliphatic carbocycles. The average Bonchev–Trinajstić information content (AvgIpc) is 3.30. The second kappa shape index (κ2) is 6.47. The van der Waals surface area contributed by atoms with Gasteiger partial charge in [-0.1, -0.05) is 39.0 Å². The molecular formula is C22H28N4O2. The Bertz CT molecular complexity index is 927. The molecule has 6 heteroatoms. The summed E-state index contributed by atoms with van der Waals surface area (Å²) in [6.45, 7) is 6.98. The van der Waals surface area contributed by atoms with Gasteiger partial charge in [-0.05, 0) is 29.9 Å². The molecule has 1 aromatic heterocycles. The van der Waals surface area contributed by atoms with Gasteiger partial charge in [-0.3, -0.25) is 9.59 Å². The summed E-state index contributed by atoms with van der Waals surface area (Å²) < 4.78 is 1.93. The molecule has 1 aromatic carbocycles. The van der Waals surface area contributed by atoms with Crippen molar-refractivity contribution in [3.05, 3.63) is 48.0 Å². The van der Waals surface area contributed by atoms with E-state index in [-0.39, 0.29) is 17.2 Å². The maximum Gasteiger partial charge on any atom is 0.237 e. The number of nitrogens with one attached hydrogen (secondary N) is 1. The standard InChI is InChI=1S/C22H28N4O2/c1-21(2,3)10-9-17(27)26-13-11-22(18(26)19-23-12-14-25(19)4)15-7-5-6-8-16(15)24-20(22)28/h5-8,12,14,18H,9-11,13H2,1-4H3,(H,24,28)/t18-,22+/m0/s1. The number of fused-ring (bicyclic) bond motifs is 2. The maximum absolute atomic E-state index is 13.3. The zero-order valence-corrected chi connectivity index (χ0v) is 17.0. The lowest BCUT2D eigenvalue weighted by Gasteiger charge is -2.34. The molecule has 1 saturated heterocycles. The monoisotopic (exact) mass is 380 g/mol. The van der Waals surface area contributed by atoms with E-state index in [2.05, 4.69) is 31.1 Å². The Labute approximate surface area is 165 Å². The van der Waals surface area contributed by atoms with Crippen LogP contribution in [-0.2, 0) is 22.1 Å². The zero-order valence-electron chi connectivity index (χ0n) is 17.0. The molecule has 2 aliphatic heterocycles. The average molecular weight is 380 g/mol. The molecule has 0 bridgehead atoms. The fraction of sp³-hybridized carbons (Fsp3) is 0.500. The van der Waals surface area contributed by atoms with E-state index >= 15 is 0 Å². The van der Waals surface area contributed by atoms with Gasteiger partial charge in [0.1, 0.15) is 17.3 Å². The molecule has 3 heterocycles. The van der Waals surface area contributed by atoms with Crippen molar-refractivity contribution in [1.82, 2.24) is 14.5 Å². The van der Waals surface area contributed by atoms with Crippen molar-refractivity contribution in [2.75, 3.05) is 11.9 Å². The highest BCUT2D eigenvalue weighted by atomic mass is 16.2. The summed E-state index contributed by atoms with van der Waals surface area (Å²) in [7, 11) is 1.92. The van der Waals surface area contributed by atoms with Crippen molar-refractivity contribution in [2.24, 2.45) is 12.5 Å². The van der Waals surface area contributed by atoms with Gasteiger partial charge in [0.25, 0.3) is 0 Å². The van der Waals surface area contributed by atoms with Crippen LogP contribution in [0.15, 0.2) is 36.7 Å². The molecule has 0 unspecified atom stereocenters. The number of aryl methyl sites for hydroxylation is 1. The number of carbonyl (C=O) groups is 2. The van der Waals surface area contributed by atoms with Crippen LogP contribution in [0.1, 0.15) is 57.5 Å². The molecule has 2 aromatic rings. The van der Waals surface area contributed by atoms with E-state index in [1.54, 1.807) is 6.20 Å². The molecule has 148 valence electrons. The molecule has 6 nitrogen and oxygen atoms in total. The van der Waals surface area contributed by atoms with E-state index in [9.17, 15) is 9.59 Å². The smallest absolute Gasteiger partial charge is 0.237 e. The lowest BCUT2D eigenvalue weighted by Crippen LogP contribution is -2.43. The van der Waals surface area contributed by atoms with Crippen LogP contribution in [0, 0.1) is 5.41 Å². The molecule has 0 saturated carbocycles. The van der Waals surface area contributed by atoms with Crippen LogP contribution in [0.25, 0.3) is 0 Å². The Kier molecular flexibility index (Phi) is 4.32. The lowest BCUT2D eigenvalue weighted by atomic mass is 9.74. The third kappa shape index (κ3) is 2.82. The largest absolute Gasteiger partial charge is 0.336 e. The lowest BCUT2D eigenvalue weighted by molar-refractivity contribution is -0.134. The molecular weight excluding hydrogens is 352 g/mol. The molecule has 0 radical (unpaired) electrons. The predicted octanol–water partition coefficient (Wildman–Crippen LogP) is 3.41. The van der Waals surface area contributed by atoms with Gasteiger partial charge in [-0.2, -0.15) is 0 Å². The summed E-state index contributed by atoms with van der Waals surface area (Å²) in [5.41, 5.74) is 1.12. The minimum absolute atomic E-state index is 0.0344. The third-order valence-electron chi connectivity index (χ3n) is 6.10. The van der Waals surface area contributed by atoms with Crippen LogP contribution >= 0.6 is 0 Å². The van der Waals surface area contributed by atoms with Crippen molar-refractivity contribution < 1.29 is 9.59 Å². The highest BCUT2D eigenvalue weighted by molar-refractivity contribution is 6.07. The maximum atomic E-state index is 13.3. The number of benzene rings is 1. The molecule has 1 spiro atoms. The van der Waals surface area contributed by atoms with Gasteiger partial charge >= 0.3 is 0 Å². The first-order chi connectivity index (χ1) is 13.2. The summed E-state index contributed by atoms with van der Waals surface area (Å²) in [6.07, 6.45) is 5.50. The number of likely N-dealkylation sites (tertiary alicyclic amines) is 1. The molecule has 2 atom stereocenters. The van der Waals surface area contributed by atoms with E-state index in [1.165, 1.54) is 0 Å². The molecule has 28 heavy (non-hydrogen) atoms. The molecule has 1 N–H and O–H groups in total. The number of amides is 2. The summed E-state index contributed by atoms with van der Waals surface area (Å²) in [5.74, 6) is 0.818. The number of aromatic nitrogens is 2. The Morgan fingerprint density at radius 1 is 1.32 bits per heavy atom. The summed E-state index contributed by atoms with van der Waals surface area (Å²) in [4.78, 5) is 32.9. The normalized spacial score (nSPS) is 23.9. The Morgan fingerprint density at radius 3 is 2.75 bits per heavy atom. The fourth-order valence-corrected chi connectivity index (χ4v) is 4.58. The number of para-hydroxylation sites is 1. The molecule has 1 fully saturated rings. The van der Waals surface area contributed by atoms with E-state index in [4.69, 9.17) is 0 Å². The van der Waals surface area contributed by atoms with Crippen LogP contribution in [-0.4, -0.2) is 32.8 Å². The zero-order chi connectivity index (χ0) is 20.1. The van der Waals surface area contributed by atoms with Crippen molar-refractivity contribution >= 4 is 17.5 Å². The molecule has 2 aliphatic rings. The SMILES string of the molecule is Cn1ccnc1[C@@H]1N(C(=O)CCC(C)(C)C)CC[C@]12C(=O)Nc1ccccc12. The van der Waals surface area contributed by atoms with Crippen molar-refractivity contribution in [2.45, 2.75) is 51.5 Å². The summed E-state index contributed by atoms with van der Waals surface area (Å²) in [5, 5.41) is 3.04. The number of rotatable bonds is 3. The summed E-state index contributed by atoms with van der Waals surface area (Å²) >= 11 is 0. The van der Waals surface area contributed by atoms with E-state index in [1.807, 2.05) is 47.0 Å². The first kappa shape index (κ1) is 18.7. The quantitative estimate of drug-likeness (QED) is 0.887. The minimum Gasteiger partial charge on any atom is -0.336 e. The topological polar surface area (TPSA) is 67.2 Å². The second-order valence-corrected chi connectivity index (χ2v) is 9.17. The van der Waals surface area contributed by atoms with Crippen LogP contribution in [0.3, 0.4) is 0 Å². The van der Waals surface area contributed by atoms with Gasteiger partial charge in [-0.15, -0.1) is 0 Å². The number of hydrogen-bond acceptors (Lipinski definition) is 3. The van der Waals surface area contributed by atoms with Crippen LogP contribution < -0.4 is 5.32 Å². The molecule has 4 rings (SSSR count). The van der Waals surface area contributed by atoms with Gasteiger partial charge in [0, 0.05) is 38.1 Å². The highest BCUT2D eigenvalue weighted by Gasteiger charge is 2.60. The van der Waals surface area contributed by atoms with Crippen molar-refractivity contribution in [1.29, 1.82) is 0 Å². The van der Waals surface area contributed by atoms with Gasteiger partial charge < -0.3 is 14.8 Å². The predicted molar refractivity (Wildman–Crippen MR) is 108 cm³/mol. The first-order valence-electron chi connectivity index (χ1n) is 9.92. The van der Waals surface area contributed by atoms with E-state index in [0.29, 0.717) is 19.4 Å².